The molecule has 1 aromatic heterocycles. The molecule has 0 aliphatic carbocycles. The standard InChI is InChI=1S/C15H21N3O2S/c1-3-5-12-21(19,20)17-13-6-8-14(9-7-13)18-11-10-16-15(18)4-2/h6-11,17H,3-5,12H2,1-2H3. The van der Waals surface area contributed by atoms with Crippen molar-refractivity contribution in [1.82, 2.24) is 9.55 Å². The van der Waals surface area contributed by atoms with E-state index in [1.165, 1.54) is 0 Å². The molecule has 0 spiro atoms. The van der Waals surface area contributed by atoms with Crippen molar-refractivity contribution in [2.24, 2.45) is 0 Å². The summed E-state index contributed by atoms with van der Waals surface area (Å²) in [6.45, 7) is 4.02. The molecule has 0 aliphatic heterocycles. The highest BCUT2D eigenvalue weighted by Gasteiger charge is 2.09. The van der Waals surface area contributed by atoms with Gasteiger partial charge in [-0.25, -0.2) is 13.4 Å². The molecule has 5 nitrogen and oxygen atoms in total. The molecule has 0 saturated carbocycles. The fourth-order valence-electron chi connectivity index (χ4n) is 2.09. The molecular formula is C15H21N3O2S. The van der Waals surface area contributed by atoms with Gasteiger partial charge in [0.05, 0.1) is 5.75 Å². The van der Waals surface area contributed by atoms with Gasteiger partial charge in [0, 0.05) is 30.2 Å². The Morgan fingerprint density at radius 3 is 2.52 bits per heavy atom. The van der Waals surface area contributed by atoms with Gasteiger partial charge in [0.25, 0.3) is 0 Å². The number of unbranched alkanes of at least 4 members (excludes halogenated alkanes) is 1. The zero-order valence-electron chi connectivity index (χ0n) is 12.4. The molecule has 0 unspecified atom stereocenters. The number of imidazole rings is 1. The molecule has 0 radical (unpaired) electrons. The van der Waals surface area contributed by atoms with Crippen molar-refractivity contribution in [3.8, 4) is 5.69 Å². The Morgan fingerprint density at radius 1 is 1.19 bits per heavy atom. The van der Waals surface area contributed by atoms with E-state index in [2.05, 4.69) is 16.6 Å². The molecule has 114 valence electrons. The Morgan fingerprint density at radius 2 is 1.90 bits per heavy atom. The number of anilines is 1. The van der Waals surface area contributed by atoms with Crippen molar-refractivity contribution in [2.75, 3.05) is 10.5 Å². The summed E-state index contributed by atoms with van der Waals surface area (Å²) in [4.78, 5) is 4.28. The molecule has 2 aromatic rings. The third-order valence-corrected chi connectivity index (χ3v) is 4.59. The van der Waals surface area contributed by atoms with Gasteiger partial charge < -0.3 is 4.57 Å². The van der Waals surface area contributed by atoms with Crippen LogP contribution in [0.2, 0.25) is 0 Å². The van der Waals surface area contributed by atoms with Gasteiger partial charge in [-0.2, -0.15) is 0 Å². The summed E-state index contributed by atoms with van der Waals surface area (Å²) < 4.78 is 28.3. The summed E-state index contributed by atoms with van der Waals surface area (Å²) >= 11 is 0. The van der Waals surface area contributed by atoms with Gasteiger partial charge in [-0.1, -0.05) is 20.3 Å². The fourth-order valence-corrected chi connectivity index (χ4v) is 3.35. The first-order valence-electron chi connectivity index (χ1n) is 7.19. The largest absolute Gasteiger partial charge is 0.304 e. The number of aryl methyl sites for hydroxylation is 1. The van der Waals surface area contributed by atoms with Crippen LogP contribution in [0.1, 0.15) is 32.5 Å². The maximum atomic E-state index is 11.8. The normalized spacial score (nSPS) is 11.5. The highest BCUT2D eigenvalue weighted by Crippen LogP contribution is 2.16. The Bertz CT molecular complexity index is 675. The lowest BCUT2D eigenvalue weighted by atomic mass is 10.3. The van der Waals surface area contributed by atoms with Crippen LogP contribution < -0.4 is 4.72 Å². The lowest BCUT2D eigenvalue weighted by molar-refractivity contribution is 0.598. The monoisotopic (exact) mass is 307 g/mol. The molecule has 0 saturated heterocycles. The van der Waals surface area contributed by atoms with E-state index in [0.717, 1.165) is 24.4 Å². The molecule has 1 heterocycles. The number of hydrogen-bond acceptors (Lipinski definition) is 3. The van der Waals surface area contributed by atoms with Crippen molar-refractivity contribution in [3.63, 3.8) is 0 Å². The summed E-state index contributed by atoms with van der Waals surface area (Å²) in [5, 5.41) is 0. The highest BCUT2D eigenvalue weighted by molar-refractivity contribution is 7.92. The third kappa shape index (κ3) is 4.07. The predicted molar refractivity (Wildman–Crippen MR) is 85.3 cm³/mol. The molecule has 1 N–H and O–H groups in total. The molecule has 0 amide bonds. The Kier molecular flexibility index (Phi) is 5.01. The van der Waals surface area contributed by atoms with Crippen LogP contribution in [0.25, 0.3) is 5.69 Å². The summed E-state index contributed by atoms with van der Waals surface area (Å²) in [5.74, 6) is 1.14. The van der Waals surface area contributed by atoms with Crippen LogP contribution >= 0.6 is 0 Å². The quantitative estimate of drug-likeness (QED) is 0.855. The van der Waals surface area contributed by atoms with E-state index in [9.17, 15) is 8.42 Å². The fraction of sp³-hybridized carbons (Fsp3) is 0.400. The lowest BCUT2D eigenvalue weighted by Gasteiger charge is -2.10. The van der Waals surface area contributed by atoms with Crippen LogP contribution in [0.4, 0.5) is 5.69 Å². The minimum atomic E-state index is -3.25. The smallest absolute Gasteiger partial charge is 0.232 e. The second kappa shape index (κ2) is 6.76. The van der Waals surface area contributed by atoms with E-state index in [0.29, 0.717) is 12.1 Å². The van der Waals surface area contributed by atoms with Gasteiger partial charge in [-0.15, -0.1) is 0 Å². The molecule has 21 heavy (non-hydrogen) atoms. The van der Waals surface area contributed by atoms with Gasteiger partial charge in [0.2, 0.25) is 10.0 Å². The average Bonchev–Trinajstić information content (AvgIpc) is 2.94. The van der Waals surface area contributed by atoms with E-state index >= 15 is 0 Å². The van der Waals surface area contributed by atoms with Gasteiger partial charge in [0.1, 0.15) is 5.82 Å². The van der Waals surface area contributed by atoms with E-state index in [4.69, 9.17) is 0 Å². The SMILES string of the molecule is CCCCS(=O)(=O)Nc1ccc(-n2ccnc2CC)cc1. The molecule has 0 aliphatic rings. The van der Waals surface area contributed by atoms with Gasteiger partial charge >= 0.3 is 0 Å². The minimum absolute atomic E-state index is 0.159. The van der Waals surface area contributed by atoms with E-state index in [1.54, 1.807) is 18.3 Å². The summed E-state index contributed by atoms with van der Waals surface area (Å²) in [6.07, 6.45) is 6.04. The second-order valence-corrected chi connectivity index (χ2v) is 6.73. The Labute approximate surface area is 126 Å². The molecule has 0 atom stereocenters. The number of rotatable bonds is 7. The number of sulfonamides is 1. The topological polar surface area (TPSA) is 64.0 Å². The number of hydrogen-bond donors (Lipinski definition) is 1. The second-order valence-electron chi connectivity index (χ2n) is 4.89. The van der Waals surface area contributed by atoms with Crippen molar-refractivity contribution < 1.29 is 8.42 Å². The van der Waals surface area contributed by atoms with E-state index < -0.39 is 10.0 Å². The zero-order chi connectivity index (χ0) is 15.3. The van der Waals surface area contributed by atoms with E-state index in [-0.39, 0.29) is 5.75 Å². The van der Waals surface area contributed by atoms with Crippen LogP contribution in [-0.2, 0) is 16.4 Å². The van der Waals surface area contributed by atoms with Gasteiger partial charge in [0.15, 0.2) is 0 Å². The lowest BCUT2D eigenvalue weighted by Crippen LogP contribution is -2.16. The van der Waals surface area contributed by atoms with Crippen LogP contribution in [0.15, 0.2) is 36.7 Å². The summed E-state index contributed by atoms with van der Waals surface area (Å²) in [7, 11) is -3.25. The number of nitrogens with zero attached hydrogens (tertiary/aromatic N) is 2. The number of aromatic nitrogens is 2. The number of benzene rings is 1. The van der Waals surface area contributed by atoms with Gasteiger partial charge in [-0.05, 0) is 30.7 Å². The van der Waals surface area contributed by atoms with Crippen LogP contribution in [0.5, 0.6) is 0 Å². The Balaban J connectivity index is 2.13. The maximum Gasteiger partial charge on any atom is 0.232 e. The number of nitrogens with one attached hydrogen (secondary N) is 1. The molecular weight excluding hydrogens is 286 g/mol. The van der Waals surface area contributed by atoms with Gasteiger partial charge in [-0.3, -0.25) is 4.72 Å². The highest BCUT2D eigenvalue weighted by atomic mass is 32.2. The molecule has 0 bridgehead atoms. The molecule has 0 fully saturated rings. The average molecular weight is 307 g/mol. The first-order chi connectivity index (χ1) is 10.1. The minimum Gasteiger partial charge on any atom is -0.304 e. The van der Waals surface area contributed by atoms with Crippen LogP contribution in [0, 0.1) is 0 Å². The Hall–Kier alpha value is -1.82. The predicted octanol–water partition coefficient (Wildman–Crippen LogP) is 2.98. The zero-order valence-corrected chi connectivity index (χ0v) is 13.2. The van der Waals surface area contributed by atoms with Crippen LogP contribution in [0.3, 0.4) is 0 Å². The summed E-state index contributed by atoms with van der Waals surface area (Å²) in [5.41, 5.74) is 1.56. The third-order valence-electron chi connectivity index (χ3n) is 3.22. The molecule has 6 heteroatoms. The first kappa shape index (κ1) is 15.6. The first-order valence-corrected chi connectivity index (χ1v) is 8.84. The molecule has 2 rings (SSSR count). The van der Waals surface area contributed by atoms with Crippen molar-refractivity contribution in [2.45, 2.75) is 33.1 Å². The maximum absolute atomic E-state index is 11.8. The van der Waals surface area contributed by atoms with E-state index in [1.807, 2.05) is 29.8 Å². The van der Waals surface area contributed by atoms with Crippen molar-refractivity contribution in [3.05, 3.63) is 42.5 Å². The van der Waals surface area contributed by atoms with Crippen molar-refractivity contribution in [1.29, 1.82) is 0 Å². The van der Waals surface area contributed by atoms with Crippen LogP contribution in [-0.4, -0.2) is 23.7 Å². The summed E-state index contributed by atoms with van der Waals surface area (Å²) in [6, 6.07) is 7.33. The molecule has 1 aromatic carbocycles. The van der Waals surface area contributed by atoms with Crippen molar-refractivity contribution >= 4 is 15.7 Å².